The number of nitrogens with zero attached hydrogens (tertiary/aromatic N) is 1. The highest BCUT2D eigenvalue weighted by molar-refractivity contribution is 5.96. The lowest BCUT2D eigenvalue weighted by Crippen LogP contribution is -2.52. The van der Waals surface area contributed by atoms with Crippen LogP contribution in [0.5, 0.6) is 0 Å². The number of hydrogen-bond donors (Lipinski definition) is 3. The molecule has 1 aromatic rings. The van der Waals surface area contributed by atoms with Crippen LogP contribution in [0.15, 0.2) is 41.5 Å². The first-order chi connectivity index (χ1) is 19.0. The second-order valence-electron chi connectivity index (χ2n) is 11.4. The number of primary amides is 1. The molecule has 0 heterocycles. The van der Waals surface area contributed by atoms with Crippen LogP contribution in [0.2, 0.25) is 0 Å². The van der Waals surface area contributed by atoms with Gasteiger partial charge in [-0.1, -0.05) is 57.8 Å². The van der Waals surface area contributed by atoms with Gasteiger partial charge in [0.05, 0.1) is 11.5 Å². The van der Waals surface area contributed by atoms with Crippen LogP contribution in [0.4, 0.5) is 8.78 Å². The smallest absolute Gasteiger partial charge is 0.249 e. The molecule has 4 atom stereocenters. The Bertz CT molecular complexity index is 1030. The van der Waals surface area contributed by atoms with Gasteiger partial charge >= 0.3 is 0 Å². The maximum atomic E-state index is 14.2. The first kappa shape index (κ1) is 33.6. The van der Waals surface area contributed by atoms with Crippen LogP contribution in [-0.2, 0) is 16.0 Å². The Morgan fingerprint density at radius 2 is 1.70 bits per heavy atom. The molecule has 0 fully saturated rings. The van der Waals surface area contributed by atoms with Gasteiger partial charge in [0, 0.05) is 43.2 Å². The molecule has 1 aromatic carbocycles. The van der Waals surface area contributed by atoms with Crippen molar-refractivity contribution in [3.63, 3.8) is 0 Å². The number of carbonyl (C=O) groups is 2. The Hall–Kier alpha value is -2.58. The van der Waals surface area contributed by atoms with Crippen molar-refractivity contribution in [2.24, 2.45) is 17.1 Å². The van der Waals surface area contributed by atoms with Gasteiger partial charge in [0.15, 0.2) is 0 Å². The Labute approximate surface area is 239 Å². The molecular weight excluding hydrogens is 512 g/mol. The van der Waals surface area contributed by atoms with Crippen molar-refractivity contribution in [3.8, 4) is 0 Å². The summed E-state index contributed by atoms with van der Waals surface area (Å²) in [6, 6.07) is 3.35. The summed E-state index contributed by atoms with van der Waals surface area (Å²) in [4.78, 5) is 28.7. The summed E-state index contributed by atoms with van der Waals surface area (Å²) in [6.45, 7) is 11.3. The van der Waals surface area contributed by atoms with E-state index in [1.165, 1.54) is 12.1 Å². The molecule has 2 amide bonds. The second kappa shape index (κ2) is 16.0. The lowest BCUT2D eigenvalue weighted by molar-refractivity contribution is -0.132. The summed E-state index contributed by atoms with van der Waals surface area (Å²) in [7, 11) is 0. The van der Waals surface area contributed by atoms with Gasteiger partial charge in [-0.25, -0.2) is 8.78 Å². The number of unbranched alkanes of at least 4 members (excludes halogenated alkanes) is 2. The van der Waals surface area contributed by atoms with Gasteiger partial charge in [-0.15, -0.1) is 0 Å². The van der Waals surface area contributed by atoms with Gasteiger partial charge in [-0.2, -0.15) is 0 Å². The van der Waals surface area contributed by atoms with Crippen LogP contribution < -0.4 is 11.1 Å². The predicted molar refractivity (Wildman–Crippen MR) is 156 cm³/mol. The van der Waals surface area contributed by atoms with Gasteiger partial charge in [0.25, 0.3) is 0 Å². The largest absolute Gasteiger partial charge is 0.391 e. The molecule has 1 aliphatic carbocycles. The van der Waals surface area contributed by atoms with Gasteiger partial charge < -0.3 is 21.1 Å². The molecule has 6 nitrogen and oxygen atoms in total. The topological polar surface area (TPSA) is 95.7 Å². The van der Waals surface area contributed by atoms with Crippen molar-refractivity contribution in [1.29, 1.82) is 0 Å². The highest BCUT2D eigenvalue weighted by atomic mass is 19.1. The highest BCUT2D eigenvalue weighted by Crippen LogP contribution is 2.44. The molecule has 0 spiro atoms. The van der Waals surface area contributed by atoms with Gasteiger partial charge in [0.1, 0.15) is 11.6 Å². The number of rotatable bonds is 17. The predicted octanol–water partition coefficient (Wildman–Crippen LogP) is 5.44. The Kier molecular flexibility index (Phi) is 13.5. The van der Waals surface area contributed by atoms with Crippen molar-refractivity contribution < 1.29 is 23.5 Å². The van der Waals surface area contributed by atoms with E-state index in [-0.39, 0.29) is 31.3 Å². The number of amides is 2. The van der Waals surface area contributed by atoms with Crippen molar-refractivity contribution in [2.45, 2.75) is 98.1 Å². The van der Waals surface area contributed by atoms with Gasteiger partial charge in [0.2, 0.25) is 11.8 Å². The Balaban J connectivity index is 2.48. The van der Waals surface area contributed by atoms with Crippen LogP contribution in [-0.4, -0.2) is 53.6 Å². The lowest BCUT2D eigenvalue weighted by atomic mass is 9.63. The van der Waals surface area contributed by atoms with E-state index in [4.69, 9.17) is 5.73 Å². The fraction of sp³-hybridized carbons (Fsp3) is 0.625. The zero-order valence-corrected chi connectivity index (χ0v) is 24.9. The number of aliphatic hydroxyl groups excluding tert-OH is 1. The van der Waals surface area contributed by atoms with E-state index in [0.717, 1.165) is 44.6 Å². The summed E-state index contributed by atoms with van der Waals surface area (Å²) >= 11 is 0. The maximum absolute atomic E-state index is 14.2. The molecule has 0 saturated heterocycles. The standard InChI is InChI=1S/C32H49F2N3O3/c1-6-9-10-11-23(5)36-21-29(38)28(17-24-15-26(33)18-27(34)16-24)32(31(35)40)19-22(4)14-25(20-32)30(39)37(12-7-2)13-8-3/h14-16,18-19,23,28-29,36,38H,6-13,17,20-21H2,1-5H3,(H2,35,40)/t23?,28-,29+,32?/m1/s1. The molecule has 8 heteroatoms. The van der Waals surface area contributed by atoms with Crippen LogP contribution in [0.1, 0.15) is 85.1 Å². The van der Waals surface area contributed by atoms with Crippen LogP contribution in [0.25, 0.3) is 0 Å². The van der Waals surface area contributed by atoms with E-state index in [9.17, 15) is 23.5 Å². The third kappa shape index (κ3) is 9.23. The van der Waals surface area contributed by atoms with Crippen molar-refractivity contribution in [2.75, 3.05) is 19.6 Å². The minimum atomic E-state index is -1.43. The highest BCUT2D eigenvalue weighted by Gasteiger charge is 2.48. The summed E-state index contributed by atoms with van der Waals surface area (Å²) in [5, 5.41) is 14.9. The maximum Gasteiger partial charge on any atom is 0.249 e. The zero-order chi connectivity index (χ0) is 29.9. The molecule has 2 rings (SSSR count). The molecule has 224 valence electrons. The fourth-order valence-electron chi connectivity index (χ4n) is 5.83. The SMILES string of the molecule is CCCCCC(C)NC[C@H](O)[C@@H](Cc1cc(F)cc(F)c1)C1(C(N)=O)C=C(C)C=C(C(=O)N(CCC)CCC)C1. The summed E-state index contributed by atoms with van der Waals surface area (Å²) in [5.74, 6) is -3.15. The monoisotopic (exact) mass is 561 g/mol. The number of allylic oxidation sites excluding steroid dienone is 2. The molecular formula is C32H49F2N3O3. The van der Waals surface area contributed by atoms with Crippen molar-refractivity contribution >= 4 is 11.8 Å². The number of carbonyl (C=O) groups excluding carboxylic acids is 2. The average Bonchev–Trinajstić information content (AvgIpc) is 2.89. The lowest BCUT2D eigenvalue weighted by Gasteiger charge is -2.42. The number of hydrogen-bond acceptors (Lipinski definition) is 4. The molecule has 0 aliphatic heterocycles. The van der Waals surface area contributed by atoms with E-state index in [1.807, 2.05) is 20.8 Å². The fourth-order valence-corrected chi connectivity index (χ4v) is 5.83. The Morgan fingerprint density at radius 3 is 2.25 bits per heavy atom. The van der Waals surface area contributed by atoms with Crippen molar-refractivity contribution in [3.05, 3.63) is 58.7 Å². The second-order valence-corrected chi connectivity index (χ2v) is 11.4. The van der Waals surface area contributed by atoms with Gasteiger partial charge in [-0.3, -0.25) is 9.59 Å². The summed E-state index contributed by atoms with van der Waals surface area (Å²) in [6.07, 6.45) is 8.25. The van der Waals surface area contributed by atoms with E-state index in [2.05, 4.69) is 12.2 Å². The summed E-state index contributed by atoms with van der Waals surface area (Å²) < 4.78 is 28.3. The molecule has 2 unspecified atom stereocenters. The quantitative estimate of drug-likeness (QED) is 0.221. The minimum absolute atomic E-state index is 0.00354. The molecule has 0 aromatic heterocycles. The average molecular weight is 562 g/mol. The molecule has 0 saturated carbocycles. The van der Waals surface area contributed by atoms with E-state index in [1.54, 1.807) is 24.0 Å². The molecule has 4 N–H and O–H groups in total. The molecule has 40 heavy (non-hydrogen) atoms. The Morgan fingerprint density at radius 1 is 1.07 bits per heavy atom. The van der Waals surface area contributed by atoms with Crippen molar-refractivity contribution in [1.82, 2.24) is 10.2 Å². The van der Waals surface area contributed by atoms with Crippen LogP contribution in [0.3, 0.4) is 0 Å². The number of nitrogens with two attached hydrogens (primary N) is 1. The zero-order valence-electron chi connectivity index (χ0n) is 24.9. The van der Waals surface area contributed by atoms with E-state index >= 15 is 0 Å². The van der Waals surface area contributed by atoms with E-state index in [0.29, 0.717) is 29.8 Å². The number of halogens is 2. The summed E-state index contributed by atoms with van der Waals surface area (Å²) in [5.41, 5.74) is 6.11. The van der Waals surface area contributed by atoms with E-state index < -0.39 is 35.0 Å². The third-order valence-corrected chi connectivity index (χ3v) is 7.80. The third-order valence-electron chi connectivity index (χ3n) is 7.80. The van der Waals surface area contributed by atoms with Crippen LogP contribution >= 0.6 is 0 Å². The minimum Gasteiger partial charge on any atom is -0.391 e. The first-order valence-corrected chi connectivity index (χ1v) is 14.8. The number of benzene rings is 1. The molecule has 0 bridgehead atoms. The first-order valence-electron chi connectivity index (χ1n) is 14.8. The number of aliphatic hydroxyl groups is 1. The number of nitrogens with one attached hydrogen (secondary N) is 1. The van der Waals surface area contributed by atoms with Gasteiger partial charge in [-0.05, 0) is 63.6 Å². The molecule has 1 aliphatic rings. The molecule has 0 radical (unpaired) electrons. The van der Waals surface area contributed by atoms with Crippen LogP contribution in [0, 0.1) is 23.0 Å². The normalized spacial score (nSPS) is 19.4.